The Kier molecular flexibility index (Phi) is 8.33. The summed E-state index contributed by atoms with van der Waals surface area (Å²) >= 11 is 0. The van der Waals surface area contributed by atoms with Crippen LogP contribution in [0, 0.1) is 12.3 Å². The molecule has 2 aliphatic carbocycles. The van der Waals surface area contributed by atoms with Crippen LogP contribution in [0.3, 0.4) is 0 Å². The average molecular weight is 490 g/mol. The summed E-state index contributed by atoms with van der Waals surface area (Å²) in [4.78, 5) is 4.76. The molecule has 1 heterocycles. The number of hydrogen-bond acceptors (Lipinski definition) is 4. The van der Waals surface area contributed by atoms with Gasteiger partial charge in [-0.05, 0) is 32.6 Å². The summed E-state index contributed by atoms with van der Waals surface area (Å²) in [5.41, 5.74) is -0.0856. The van der Waals surface area contributed by atoms with Crippen molar-refractivity contribution in [3.63, 3.8) is 0 Å². The molecule has 0 aliphatic heterocycles. The van der Waals surface area contributed by atoms with Crippen LogP contribution in [0.1, 0.15) is 69.9 Å². The van der Waals surface area contributed by atoms with Crippen molar-refractivity contribution in [2.24, 2.45) is 17.5 Å². The van der Waals surface area contributed by atoms with Crippen molar-refractivity contribution >= 4 is 29.9 Å². The highest BCUT2D eigenvalue weighted by Gasteiger charge is 2.35. The van der Waals surface area contributed by atoms with Crippen LogP contribution < -0.4 is 10.6 Å². The number of aliphatic imine (C=N–C) groups is 1. The Hall–Kier alpha value is -0.900. The Bertz CT molecular complexity index is 628. The number of aryl methyl sites for hydroxylation is 1. The topological polar surface area (TPSA) is 87.4 Å². The van der Waals surface area contributed by atoms with Crippen LogP contribution in [0.2, 0.25) is 0 Å². The molecule has 0 bridgehead atoms. The summed E-state index contributed by atoms with van der Waals surface area (Å²) in [6.45, 7) is 5.37. The molecule has 2 atom stereocenters. The summed E-state index contributed by atoms with van der Waals surface area (Å²) in [6, 6.07) is 0.492. The van der Waals surface area contributed by atoms with Gasteiger partial charge < -0.3 is 20.3 Å². The molecule has 3 rings (SSSR count). The van der Waals surface area contributed by atoms with Crippen molar-refractivity contribution in [2.45, 2.75) is 83.9 Å². The van der Waals surface area contributed by atoms with Crippen LogP contribution in [0.25, 0.3) is 0 Å². The molecule has 8 heteroatoms. The van der Waals surface area contributed by atoms with E-state index >= 15 is 0 Å². The molecular weight excluding hydrogens is 455 g/mol. The molecule has 0 radical (unpaired) electrons. The van der Waals surface area contributed by atoms with Gasteiger partial charge in [0.15, 0.2) is 11.8 Å². The SMILES string of the molecule is Cc1nnc(CN=C(NCC2(C)CCCCC2O)NC2CCCC2)n1C.I. The molecule has 0 spiro atoms. The first-order valence-corrected chi connectivity index (χ1v) is 10.1. The number of hydrogen-bond donors (Lipinski definition) is 3. The molecule has 0 amide bonds. The van der Waals surface area contributed by atoms with Crippen LogP contribution in [0.4, 0.5) is 0 Å². The summed E-state index contributed by atoms with van der Waals surface area (Å²) in [7, 11) is 1.97. The van der Waals surface area contributed by atoms with E-state index in [4.69, 9.17) is 4.99 Å². The maximum atomic E-state index is 10.5. The molecule has 2 saturated carbocycles. The molecule has 2 fully saturated rings. The maximum absolute atomic E-state index is 10.5. The summed E-state index contributed by atoms with van der Waals surface area (Å²) in [5, 5.41) is 25.9. The fraction of sp³-hybridized carbons (Fsp3) is 0.842. The zero-order valence-electron chi connectivity index (χ0n) is 16.9. The molecule has 7 nitrogen and oxygen atoms in total. The zero-order valence-corrected chi connectivity index (χ0v) is 19.2. The van der Waals surface area contributed by atoms with Crippen LogP contribution in [-0.4, -0.2) is 44.5 Å². The first kappa shape index (κ1) is 22.4. The normalized spacial score (nSPS) is 26.7. The van der Waals surface area contributed by atoms with Gasteiger partial charge in [0.05, 0.1) is 6.10 Å². The first-order chi connectivity index (χ1) is 12.5. The molecule has 1 aromatic rings. The second-order valence-corrected chi connectivity index (χ2v) is 8.28. The highest BCUT2D eigenvalue weighted by molar-refractivity contribution is 14.0. The van der Waals surface area contributed by atoms with E-state index in [2.05, 4.69) is 27.8 Å². The van der Waals surface area contributed by atoms with Gasteiger partial charge in [-0.2, -0.15) is 0 Å². The van der Waals surface area contributed by atoms with Crippen LogP contribution in [0.5, 0.6) is 0 Å². The number of aliphatic hydroxyl groups excluding tert-OH is 1. The Morgan fingerprint density at radius 1 is 1.22 bits per heavy atom. The van der Waals surface area contributed by atoms with E-state index in [1.807, 2.05) is 18.5 Å². The molecule has 3 N–H and O–H groups in total. The molecule has 1 aromatic heterocycles. The predicted octanol–water partition coefficient (Wildman–Crippen LogP) is 2.66. The number of aromatic nitrogens is 3. The van der Waals surface area contributed by atoms with Crippen LogP contribution in [0.15, 0.2) is 4.99 Å². The number of rotatable bonds is 5. The molecule has 2 aliphatic rings. The molecule has 27 heavy (non-hydrogen) atoms. The lowest BCUT2D eigenvalue weighted by Crippen LogP contribution is -2.50. The van der Waals surface area contributed by atoms with E-state index in [0.29, 0.717) is 12.6 Å². The molecule has 2 unspecified atom stereocenters. The third kappa shape index (κ3) is 5.79. The lowest BCUT2D eigenvalue weighted by atomic mass is 9.73. The minimum absolute atomic E-state index is 0. The lowest BCUT2D eigenvalue weighted by Gasteiger charge is -2.39. The van der Waals surface area contributed by atoms with Crippen molar-refractivity contribution in [3.05, 3.63) is 11.6 Å². The van der Waals surface area contributed by atoms with Gasteiger partial charge in [-0.15, -0.1) is 34.2 Å². The van der Waals surface area contributed by atoms with Crippen molar-refractivity contribution in [2.75, 3.05) is 6.54 Å². The van der Waals surface area contributed by atoms with E-state index in [1.54, 1.807) is 0 Å². The fourth-order valence-electron chi connectivity index (χ4n) is 4.03. The van der Waals surface area contributed by atoms with Gasteiger partial charge in [0, 0.05) is 25.0 Å². The van der Waals surface area contributed by atoms with E-state index in [1.165, 1.54) is 32.1 Å². The second kappa shape index (κ2) is 10.0. The third-order valence-corrected chi connectivity index (χ3v) is 6.20. The van der Waals surface area contributed by atoms with Crippen LogP contribution in [-0.2, 0) is 13.6 Å². The van der Waals surface area contributed by atoms with Gasteiger partial charge in [-0.1, -0.05) is 32.6 Å². The standard InChI is InChI=1S/C19H34N6O.HI/c1-14-23-24-17(25(14)3)12-20-18(22-15-8-4-5-9-15)21-13-19(2)11-7-6-10-16(19)26;/h15-16,26H,4-13H2,1-3H3,(H2,20,21,22);1H. The fourth-order valence-corrected chi connectivity index (χ4v) is 4.03. The quantitative estimate of drug-likeness (QED) is 0.336. The Morgan fingerprint density at radius 3 is 2.56 bits per heavy atom. The smallest absolute Gasteiger partial charge is 0.191 e. The Labute approximate surface area is 179 Å². The summed E-state index contributed by atoms with van der Waals surface area (Å²) in [5.74, 6) is 2.58. The predicted molar refractivity (Wildman–Crippen MR) is 118 cm³/mol. The average Bonchev–Trinajstić information content (AvgIpc) is 3.25. The Balaban J connectivity index is 0.00000261. The molecular formula is C19H35IN6O. The minimum atomic E-state index is -0.238. The van der Waals surface area contributed by atoms with Gasteiger partial charge >= 0.3 is 0 Å². The molecule has 0 saturated heterocycles. The number of guanidine groups is 1. The third-order valence-electron chi connectivity index (χ3n) is 6.20. The number of nitrogens with zero attached hydrogens (tertiary/aromatic N) is 4. The van der Waals surface area contributed by atoms with E-state index in [9.17, 15) is 5.11 Å². The van der Waals surface area contributed by atoms with Gasteiger partial charge in [-0.3, -0.25) is 0 Å². The van der Waals surface area contributed by atoms with Crippen molar-refractivity contribution in [3.8, 4) is 0 Å². The first-order valence-electron chi connectivity index (χ1n) is 10.1. The van der Waals surface area contributed by atoms with Gasteiger partial charge in [-0.25, -0.2) is 4.99 Å². The maximum Gasteiger partial charge on any atom is 0.191 e. The zero-order chi connectivity index (χ0) is 18.6. The Morgan fingerprint density at radius 2 is 1.93 bits per heavy atom. The van der Waals surface area contributed by atoms with Crippen molar-refractivity contribution in [1.82, 2.24) is 25.4 Å². The van der Waals surface area contributed by atoms with E-state index in [0.717, 1.165) is 43.4 Å². The monoisotopic (exact) mass is 490 g/mol. The highest BCUT2D eigenvalue weighted by Crippen LogP contribution is 2.35. The van der Waals surface area contributed by atoms with Crippen molar-refractivity contribution in [1.29, 1.82) is 0 Å². The summed E-state index contributed by atoms with van der Waals surface area (Å²) in [6.07, 6.45) is 9.00. The lowest BCUT2D eigenvalue weighted by molar-refractivity contribution is 0.00395. The number of nitrogens with one attached hydrogen (secondary N) is 2. The largest absolute Gasteiger partial charge is 0.392 e. The minimum Gasteiger partial charge on any atom is -0.392 e. The second-order valence-electron chi connectivity index (χ2n) is 8.28. The van der Waals surface area contributed by atoms with Gasteiger partial charge in [0.1, 0.15) is 12.4 Å². The van der Waals surface area contributed by atoms with E-state index < -0.39 is 0 Å². The van der Waals surface area contributed by atoms with E-state index in [-0.39, 0.29) is 35.5 Å². The summed E-state index contributed by atoms with van der Waals surface area (Å²) < 4.78 is 1.98. The highest BCUT2D eigenvalue weighted by atomic mass is 127. The number of aliphatic hydroxyl groups is 1. The van der Waals surface area contributed by atoms with Gasteiger partial charge in [0.25, 0.3) is 0 Å². The van der Waals surface area contributed by atoms with Gasteiger partial charge in [0.2, 0.25) is 0 Å². The molecule has 154 valence electrons. The van der Waals surface area contributed by atoms with Crippen molar-refractivity contribution < 1.29 is 5.11 Å². The molecule has 0 aromatic carbocycles. The number of halogens is 1. The van der Waals surface area contributed by atoms with Crippen LogP contribution >= 0.6 is 24.0 Å².